The predicted molar refractivity (Wildman–Crippen MR) is 112 cm³/mol. The summed E-state index contributed by atoms with van der Waals surface area (Å²) in [5.74, 6) is 0.00388. The van der Waals surface area contributed by atoms with Crippen molar-refractivity contribution in [3.05, 3.63) is 71.8 Å². The first-order valence-corrected chi connectivity index (χ1v) is 10.1. The summed E-state index contributed by atoms with van der Waals surface area (Å²) in [5, 5.41) is 10.0. The van der Waals surface area contributed by atoms with Crippen molar-refractivity contribution in [1.29, 1.82) is 0 Å². The quantitative estimate of drug-likeness (QED) is 0.766. The third-order valence-electron chi connectivity index (χ3n) is 5.54. The van der Waals surface area contributed by atoms with Gasteiger partial charge in [-0.25, -0.2) is 0 Å². The molecule has 3 N–H and O–H groups in total. The van der Waals surface area contributed by atoms with Crippen molar-refractivity contribution in [2.24, 2.45) is 5.73 Å². The summed E-state index contributed by atoms with van der Waals surface area (Å²) in [6, 6.07) is 20.1. The Morgan fingerprint density at radius 1 is 1.07 bits per heavy atom. The second-order valence-electron chi connectivity index (χ2n) is 7.68. The van der Waals surface area contributed by atoms with Crippen molar-refractivity contribution in [2.45, 2.75) is 37.9 Å². The van der Waals surface area contributed by atoms with Gasteiger partial charge in [-0.2, -0.15) is 0 Å². The van der Waals surface area contributed by atoms with Gasteiger partial charge in [0.1, 0.15) is 0 Å². The smallest absolute Gasteiger partial charge is 0.239 e. The molecule has 150 valence electrons. The van der Waals surface area contributed by atoms with E-state index in [0.717, 1.165) is 25.9 Å². The van der Waals surface area contributed by atoms with Gasteiger partial charge < -0.3 is 15.7 Å². The zero-order chi connectivity index (χ0) is 19.9. The molecule has 5 nitrogen and oxygen atoms in total. The van der Waals surface area contributed by atoms with E-state index < -0.39 is 6.04 Å². The van der Waals surface area contributed by atoms with Crippen LogP contribution in [0.5, 0.6) is 0 Å². The average molecular weight is 382 g/mol. The van der Waals surface area contributed by atoms with E-state index >= 15 is 0 Å². The molecule has 3 atom stereocenters. The van der Waals surface area contributed by atoms with Crippen molar-refractivity contribution in [3.63, 3.8) is 0 Å². The highest BCUT2D eigenvalue weighted by Gasteiger charge is 2.34. The molecule has 3 rings (SSSR count). The SMILES string of the molecule is C[C@@H](N)C(=O)N1CCN([C@H](CO)Cc2ccccc2)C[C@@H]1Cc1ccccc1. The average Bonchev–Trinajstić information content (AvgIpc) is 2.73. The highest BCUT2D eigenvalue weighted by Crippen LogP contribution is 2.19. The van der Waals surface area contributed by atoms with Gasteiger partial charge in [-0.05, 0) is 30.9 Å². The van der Waals surface area contributed by atoms with Crippen LogP contribution in [0.1, 0.15) is 18.1 Å². The first-order valence-electron chi connectivity index (χ1n) is 10.1. The van der Waals surface area contributed by atoms with Gasteiger partial charge in [0.25, 0.3) is 0 Å². The maximum absolute atomic E-state index is 12.7. The lowest BCUT2D eigenvalue weighted by Crippen LogP contribution is -2.61. The highest BCUT2D eigenvalue weighted by molar-refractivity contribution is 5.81. The van der Waals surface area contributed by atoms with Gasteiger partial charge in [-0.15, -0.1) is 0 Å². The third-order valence-corrected chi connectivity index (χ3v) is 5.54. The Morgan fingerprint density at radius 3 is 2.25 bits per heavy atom. The largest absolute Gasteiger partial charge is 0.395 e. The summed E-state index contributed by atoms with van der Waals surface area (Å²) < 4.78 is 0. The topological polar surface area (TPSA) is 69.8 Å². The molecule has 1 saturated heterocycles. The minimum atomic E-state index is -0.497. The molecule has 0 radical (unpaired) electrons. The lowest BCUT2D eigenvalue weighted by Gasteiger charge is -2.45. The number of carbonyl (C=O) groups excluding carboxylic acids is 1. The van der Waals surface area contributed by atoms with Crippen molar-refractivity contribution in [3.8, 4) is 0 Å². The number of benzene rings is 2. The van der Waals surface area contributed by atoms with Gasteiger partial charge in [0.2, 0.25) is 5.91 Å². The van der Waals surface area contributed by atoms with E-state index in [4.69, 9.17) is 5.73 Å². The van der Waals surface area contributed by atoms with Crippen molar-refractivity contribution in [2.75, 3.05) is 26.2 Å². The molecule has 0 aromatic heterocycles. The summed E-state index contributed by atoms with van der Waals surface area (Å²) in [5.41, 5.74) is 8.33. The van der Waals surface area contributed by atoms with Crippen LogP contribution in [0.4, 0.5) is 0 Å². The van der Waals surface area contributed by atoms with Crippen molar-refractivity contribution >= 4 is 5.91 Å². The van der Waals surface area contributed by atoms with Crippen molar-refractivity contribution < 1.29 is 9.90 Å². The van der Waals surface area contributed by atoms with Gasteiger partial charge in [0.05, 0.1) is 12.6 Å². The molecule has 0 bridgehead atoms. The number of piperazine rings is 1. The maximum atomic E-state index is 12.7. The molecular formula is C23H31N3O2. The summed E-state index contributed by atoms with van der Waals surface area (Å²) in [6.07, 6.45) is 1.59. The Balaban J connectivity index is 1.75. The van der Waals surface area contributed by atoms with Crippen LogP contribution in [0.3, 0.4) is 0 Å². The molecule has 2 aromatic carbocycles. The number of nitrogens with two attached hydrogens (primary N) is 1. The Kier molecular flexibility index (Phi) is 7.20. The van der Waals surface area contributed by atoms with E-state index in [2.05, 4.69) is 29.2 Å². The zero-order valence-corrected chi connectivity index (χ0v) is 16.6. The summed E-state index contributed by atoms with van der Waals surface area (Å²) in [6.45, 7) is 3.99. The molecule has 0 aliphatic carbocycles. The second kappa shape index (κ2) is 9.82. The molecule has 0 spiro atoms. The number of nitrogens with zero attached hydrogens (tertiary/aromatic N) is 2. The maximum Gasteiger partial charge on any atom is 0.239 e. The fourth-order valence-electron chi connectivity index (χ4n) is 4.02. The monoisotopic (exact) mass is 381 g/mol. The number of rotatable bonds is 7. The molecular weight excluding hydrogens is 350 g/mol. The Hall–Kier alpha value is -2.21. The number of amides is 1. The fourth-order valence-corrected chi connectivity index (χ4v) is 4.02. The summed E-state index contributed by atoms with van der Waals surface area (Å²) in [7, 11) is 0. The van der Waals surface area contributed by atoms with Crippen LogP contribution in [-0.4, -0.2) is 65.2 Å². The lowest BCUT2D eigenvalue weighted by atomic mass is 9.98. The van der Waals surface area contributed by atoms with Crippen LogP contribution < -0.4 is 5.73 Å². The molecule has 1 aliphatic heterocycles. The van der Waals surface area contributed by atoms with Crippen LogP contribution in [0.25, 0.3) is 0 Å². The van der Waals surface area contributed by atoms with Crippen LogP contribution in [0.2, 0.25) is 0 Å². The van der Waals surface area contributed by atoms with Crippen LogP contribution in [0, 0.1) is 0 Å². The van der Waals surface area contributed by atoms with Crippen LogP contribution in [0.15, 0.2) is 60.7 Å². The standard InChI is InChI=1S/C23H31N3O2/c1-18(24)23(28)26-13-12-25(16-21(26)14-19-8-4-2-5-9-19)22(17-27)15-20-10-6-3-7-11-20/h2-11,18,21-22,27H,12-17,24H2,1H3/t18-,21+,22+/m1/s1. The molecule has 1 heterocycles. The molecule has 1 aliphatic rings. The van der Waals surface area contributed by atoms with Crippen LogP contribution in [-0.2, 0) is 17.6 Å². The first-order chi connectivity index (χ1) is 13.6. The fraction of sp³-hybridized carbons (Fsp3) is 0.435. The second-order valence-corrected chi connectivity index (χ2v) is 7.68. The minimum Gasteiger partial charge on any atom is -0.395 e. The first kappa shape index (κ1) is 20.5. The number of aliphatic hydroxyl groups is 1. The van der Waals surface area contributed by atoms with E-state index in [1.54, 1.807) is 6.92 Å². The van der Waals surface area contributed by atoms with Crippen molar-refractivity contribution in [1.82, 2.24) is 9.80 Å². The molecule has 1 fully saturated rings. The van der Waals surface area contributed by atoms with E-state index in [0.29, 0.717) is 6.54 Å². The van der Waals surface area contributed by atoms with Gasteiger partial charge in [-0.1, -0.05) is 60.7 Å². The van der Waals surface area contributed by atoms with Gasteiger partial charge >= 0.3 is 0 Å². The van der Waals surface area contributed by atoms with E-state index in [9.17, 15) is 9.90 Å². The van der Waals surface area contributed by atoms with Gasteiger partial charge in [-0.3, -0.25) is 9.69 Å². The number of aliphatic hydroxyl groups excluding tert-OH is 1. The Morgan fingerprint density at radius 2 is 1.68 bits per heavy atom. The van der Waals surface area contributed by atoms with E-state index in [1.165, 1.54) is 11.1 Å². The number of hydrogen-bond donors (Lipinski definition) is 2. The van der Waals surface area contributed by atoms with Gasteiger partial charge in [0, 0.05) is 31.7 Å². The zero-order valence-electron chi connectivity index (χ0n) is 16.6. The van der Waals surface area contributed by atoms with Crippen LogP contribution >= 0.6 is 0 Å². The molecule has 0 unspecified atom stereocenters. The van der Waals surface area contributed by atoms with E-state index in [-0.39, 0.29) is 24.6 Å². The number of carbonyl (C=O) groups is 1. The Bertz CT molecular complexity index is 736. The number of hydrogen-bond acceptors (Lipinski definition) is 4. The normalized spacial score (nSPS) is 20.0. The summed E-state index contributed by atoms with van der Waals surface area (Å²) in [4.78, 5) is 16.9. The summed E-state index contributed by atoms with van der Waals surface area (Å²) >= 11 is 0. The highest BCUT2D eigenvalue weighted by atomic mass is 16.3. The molecule has 5 heteroatoms. The third kappa shape index (κ3) is 5.19. The molecule has 28 heavy (non-hydrogen) atoms. The molecule has 2 aromatic rings. The predicted octanol–water partition coefficient (Wildman–Crippen LogP) is 1.69. The Labute approximate surface area is 167 Å². The molecule has 0 saturated carbocycles. The molecule has 1 amide bonds. The van der Waals surface area contributed by atoms with E-state index in [1.807, 2.05) is 41.3 Å². The lowest BCUT2D eigenvalue weighted by molar-refractivity contribution is -0.137. The minimum absolute atomic E-state index is 0.00388. The van der Waals surface area contributed by atoms with Gasteiger partial charge in [0.15, 0.2) is 0 Å².